The van der Waals surface area contributed by atoms with Crippen molar-refractivity contribution in [3.8, 4) is 0 Å². The minimum absolute atomic E-state index is 0.265. The van der Waals surface area contributed by atoms with Gasteiger partial charge in [-0.15, -0.1) is 0 Å². The first-order chi connectivity index (χ1) is 11.8. The standard InChI is InChI=1S/C16H22ClN3O4S/c1-3-15(16(22)19-9-7-18(12-21)8-10-19)20(25(2,23)24)14-6-4-5-13(17)11-14/h4-6,11-12,15H,3,7-10H2,1-2H3/t15-/m0/s1. The van der Waals surface area contributed by atoms with Gasteiger partial charge in [0.1, 0.15) is 6.04 Å². The molecule has 1 aromatic rings. The molecular weight excluding hydrogens is 366 g/mol. The van der Waals surface area contributed by atoms with Crippen LogP contribution in [-0.4, -0.2) is 69.0 Å². The Morgan fingerprint density at radius 3 is 2.44 bits per heavy atom. The van der Waals surface area contributed by atoms with E-state index in [0.717, 1.165) is 17.0 Å². The van der Waals surface area contributed by atoms with Crippen LogP contribution in [-0.2, 0) is 19.6 Å². The normalized spacial score (nSPS) is 16.4. The third-order valence-electron chi connectivity index (χ3n) is 4.15. The second-order valence-corrected chi connectivity index (χ2v) is 8.23. The quantitative estimate of drug-likeness (QED) is 0.687. The SMILES string of the molecule is CC[C@@H](C(=O)N1CCN(C=O)CC1)N(c1cccc(Cl)c1)S(C)(=O)=O. The van der Waals surface area contributed by atoms with E-state index in [-0.39, 0.29) is 5.91 Å². The summed E-state index contributed by atoms with van der Waals surface area (Å²) in [6.45, 7) is 3.44. The summed E-state index contributed by atoms with van der Waals surface area (Å²) in [4.78, 5) is 27.0. The fourth-order valence-corrected chi connectivity index (χ4v) is 4.30. The number of halogens is 1. The van der Waals surface area contributed by atoms with Gasteiger partial charge in [-0.25, -0.2) is 8.42 Å². The van der Waals surface area contributed by atoms with Crippen molar-refractivity contribution < 1.29 is 18.0 Å². The fraction of sp³-hybridized carbons (Fsp3) is 0.500. The summed E-state index contributed by atoms with van der Waals surface area (Å²) in [5.74, 6) is -0.265. The van der Waals surface area contributed by atoms with E-state index in [2.05, 4.69) is 0 Å². The molecule has 1 fully saturated rings. The molecule has 0 radical (unpaired) electrons. The molecule has 1 atom stereocenters. The number of carbonyl (C=O) groups is 2. The highest BCUT2D eigenvalue weighted by Crippen LogP contribution is 2.26. The number of amides is 2. The summed E-state index contributed by atoms with van der Waals surface area (Å²) >= 11 is 5.99. The Morgan fingerprint density at radius 1 is 1.32 bits per heavy atom. The van der Waals surface area contributed by atoms with Crippen LogP contribution in [0.2, 0.25) is 5.02 Å². The van der Waals surface area contributed by atoms with E-state index in [9.17, 15) is 18.0 Å². The number of hydrogen-bond acceptors (Lipinski definition) is 4. The van der Waals surface area contributed by atoms with Gasteiger partial charge in [0.05, 0.1) is 11.9 Å². The second-order valence-electron chi connectivity index (χ2n) is 5.93. The molecule has 138 valence electrons. The molecule has 1 aromatic carbocycles. The summed E-state index contributed by atoms with van der Waals surface area (Å²) in [5, 5.41) is 0.396. The molecule has 9 heteroatoms. The summed E-state index contributed by atoms with van der Waals surface area (Å²) in [5.41, 5.74) is 0.363. The molecule has 0 bridgehead atoms. The number of sulfonamides is 1. The molecule has 2 amide bonds. The predicted octanol–water partition coefficient (Wildman–Crippen LogP) is 1.19. The zero-order valence-electron chi connectivity index (χ0n) is 14.3. The fourth-order valence-electron chi connectivity index (χ4n) is 2.91. The summed E-state index contributed by atoms with van der Waals surface area (Å²) in [6.07, 6.45) is 2.16. The van der Waals surface area contributed by atoms with E-state index in [4.69, 9.17) is 11.6 Å². The van der Waals surface area contributed by atoms with Gasteiger partial charge in [-0.05, 0) is 24.6 Å². The summed E-state index contributed by atoms with van der Waals surface area (Å²) < 4.78 is 25.9. The second kappa shape index (κ2) is 8.05. The van der Waals surface area contributed by atoms with Crippen molar-refractivity contribution in [1.82, 2.24) is 9.80 Å². The number of carbonyl (C=O) groups excluding carboxylic acids is 2. The highest BCUT2D eigenvalue weighted by Gasteiger charge is 2.35. The average molecular weight is 388 g/mol. The first-order valence-electron chi connectivity index (χ1n) is 8.01. The number of anilines is 1. The Labute approximate surface area is 153 Å². The molecular formula is C16H22ClN3O4S. The molecule has 7 nitrogen and oxygen atoms in total. The largest absolute Gasteiger partial charge is 0.342 e. The van der Waals surface area contributed by atoms with Gasteiger partial charge in [-0.3, -0.25) is 13.9 Å². The monoisotopic (exact) mass is 387 g/mol. The molecule has 0 saturated carbocycles. The first kappa shape index (κ1) is 19.5. The van der Waals surface area contributed by atoms with Crippen LogP contribution in [0.3, 0.4) is 0 Å². The molecule has 1 aliphatic rings. The lowest BCUT2D eigenvalue weighted by atomic mass is 10.1. The van der Waals surface area contributed by atoms with Crippen LogP contribution in [0.1, 0.15) is 13.3 Å². The van der Waals surface area contributed by atoms with E-state index in [1.165, 1.54) is 6.07 Å². The van der Waals surface area contributed by atoms with Gasteiger partial charge in [-0.2, -0.15) is 0 Å². The van der Waals surface area contributed by atoms with Crippen LogP contribution in [0.15, 0.2) is 24.3 Å². The van der Waals surface area contributed by atoms with Gasteiger partial charge >= 0.3 is 0 Å². The smallest absolute Gasteiger partial charge is 0.246 e. The number of piperazine rings is 1. The third-order valence-corrected chi connectivity index (χ3v) is 5.56. The topological polar surface area (TPSA) is 78.0 Å². The van der Waals surface area contributed by atoms with E-state index < -0.39 is 16.1 Å². The number of hydrogen-bond donors (Lipinski definition) is 0. The molecule has 2 rings (SSSR count). The molecule has 1 saturated heterocycles. The highest BCUT2D eigenvalue weighted by atomic mass is 35.5. The van der Waals surface area contributed by atoms with Crippen molar-refractivity contribution in [2.45, 2.75) is 19.4 Å². The maximum absolute atomic E-state index is 13.0. The van der Waals surface area contributed by atoms with Crippen molar-refractivity contribution >= 4 is 39.6 Å². The van der Waals surface area contributed by atoms with Gasteiger partial charge in [0.2, 0.25) is 22.3 Å². The molecule has 1 aliphatic heterocycles. The lowest BCUT2D eigenvalue weighted by molar-refractivity contribution is -0.136. The van der Waals surface area contributed by atoms with Gasteiger partial charge in [0, 0.05) is 31.2 Å². The summed E-state index contributed by atoms with van der Waals surface area (Å²) in [7, 11) is -3.68. The van der Waals surface area contributed by atoms with Crippen molar-refractivity contribution in [3.05, 3.63) is 29.3 Å². The van der Waals surface area contributed by atoms with Crippen LogP contribution >= 0.6 is 11.6 Å². The Hall–Kier alpha value is -1.80. The maximum Gasteiger partial charge on any atom is 0.246 e. The third kappa shape index (κ3) is 4.64. The van der Waals surface area contributed by atoms with Crippen molar-refractivity contribution in [3.63, 3.8) is 0 Å². The Kier molecular flexibility index (Phi) is 6.29. The average Bonchev–Trinajstić information content (AvgIpc) is 2.58. The molecule has 0 aliphatic carbocycles. The van der Waals surface area contributed by atoms with Gasteiger partial charge in [0.15, 0.2) is 0 Å². The number of benzene rings is 1. The Bertz CT molecular complexity index is 733. The van der Waals surface area contributed by atoms with Gasteiger partial charge in [-0.1, -0.05) is 24.6 Å². The maximum atomic E-state index is 13.0. The minimum Gasteiger partial charge on any atom is -0.342 e. The number of nitrogens with zero attached hydrogens (tertiary/aromatic N) is 3. The summed E-state index contributed by atoms with van der Waals surface area (Å²) in [6, 6.07) is 5.59. The lowest BCUT2D eigenvalue weighted by Gasteiger charge is -2.37. The highest BCUT2D eigenvalue weighted by molar-refractivity contribution is 7.92. The van der Waals surface area contributed by atoms with Crippen molar-refractivity contribution in [2.75, 3.05) is 36.7 Å². The molecule has 0 aromatic heterocycles. The zero-order valence-corrected chi connectivity index (χ0v) is 15.8. The van der Waals surface area contributed by atoms with Crippen LogP contribution in [0, 0.1) is 0 Å². The van der Waals surface area contributed by atoms with Crippen LogP contribution in [0.5, 0.6) is 0 Å². The minimum atomic E-state index is -3.68. The molecule has 25 heavy (non-hydrogen) atoms. The van der Waals surface area contributed by atoms with Crippen molar-refractivity contribution in [2.24, 2.45) is 0 Å². The predicted molar refractivity (Wildman–Crippen MR) is 97.1 cm³/mol. The Morgan fingerprint density at radius 2 is 1.96 bits per heavy atom. The van der Waals surface area contributed by atoms with E-state index in [1.807, 2.05) is 0 Å². The molecule has 1 heterocycles. The lowest BCUT2D eigenvalue weighted by Crippen LogP contribution is -2.55. The molecule has 0 unspecified atom stereocenters. The zero-order chi connectivity index (χ0) is 18.6. The van der Waals surface area contributed by atoms with Gasteiger partial charge < -0.3 is 9.80 Å². The Balaban J connectivity index is 2.31. The van der Waals surface area contributed by atoms with Crippen molar-refractivity contribution in [1.29, 1.82) is 0 Å². The first-order valence-corrected chi connectivity index (χ1v) is 10.2. The molecule has 0 N–H and O–H groups in total. The van der Waals surface area contributed by atoms with Gasteiger partial charge in [0.25, 0.3) is 0 Å². The van der Waals surface area contributed by atoms with Crippen LogP contribution in [0.25, 0.3) is 0 Å². The van der Waals surface area contributed by atoms with Crippen LogP contribution in [0.4, 0.5) is 5.69 Å². The van der Waals surface area contributed by atoms with E-state index in [0.29, 0.717) is 43.3 Å². The number of rotatable bonds is 6. The van der Waals surface area contributed by atoms with Crippen LogP contribution < -0.4 is 4.31 Å². The van der Waals surface area contributed by atoms with E-state index >= 15 is 0 Å². The van der Waals surface area contributed by atoms with E-state index in [1.54, 1.807) is 34.9 Å². The molecule has 0 spiro atoms.